The minimum Gasteiger partial charge on any atom is -0.481 e. The molecule has 0 aliphatic carbocycles. The van der Waals surface area contributed by atoms with Crippen LogP contribution in [0.25, 0.3) is 0 Å². The first kappa shape index (κ1) is 18.3. The molecule has 1 amide bonds. The summed E-state index contributed by atoms with van der Waals surface area (Å²) in [6.45, 7) is 7.99. The van der Waals surface area contributed by atoms with E-state index in [1.807, 2.05) is 43.3 Å². The third-order valence-corrected chi connectivity index (χ3v) is 4.71. The van der Waals surface area contributed by atoms with Crippen LogP contribution < -0.4 is 15.0 Å². The van der Waals surface area contributed by atoms with Gasteiger partial charge in [0.1, 0.15) is 5.75 Å². The predicted octanol–water partition coefficient (Wildman–Crippen LogP) is 3.15. The molecule has 1 fully saturated rings. The minimum absolute atomic E-state index is 0.155. The van der Waals surface area contributed by atoms with Gasteiger partial charge < -0.3 is 19.9 Å². The Kier molecular flexibility index (Phi) is 5.78. The predicted molar refractivity (Wildman–Crippen MR) is 106 cm³/mol. The van der Waals surface area contributed by atoms with Crippen molar-refractivity contribution in [1.29, 1.82) is 0 Å². The van der Waals surface area contributed by atoms with E-state index < -0.39 is 6.10 Å². The highest BCUT2D eigenvalue weighted by atomic mass is 16.5. The number of nitrogens with one attached hydrogen (secondary N) is 1. The molecule has 26 heavy (non-hydrogen) atoms. The first-order chi connectivity index (χ1) is 12.5. The van der Waals surface area contributed by atoms with Crippen molar-refractivity contribution in [2.75, 3.05) is 43.4 Å². The lowest BCUT2D eigenvalue weighted by molar-refractivity contribution is -0.122. The number of benzene rings is 2. The number of carbonyl (C=O) groups is 1. The molecular formula is C21H27N3O2. The number of anilines is 2. The normalized spacial score (nSPS) is 16.2. The molecule has 0 spiro atoms. The summed E-state index contributed by atoms with van der Waals surface area (Å²) in [7, 11) is 2.15. The van der Waals surface area contributed by atoms with Gasteiger partial charge in [0.15, 0.2) is 6.10 Å². The van der Waals surface area contributed by atoms with E-state index in [0.717, 1.165) is 37.4 Å². The number of carbonyl (C=O) groups excluding carboxylic acids is 1. The van der Waals surface area contributed by atoms with Gasteiger partial charge in [-0.3, -0.25) is 4.79 Å². The average molecular weight is 353 g/mol. The van der Waals surface area contributed by atoms with Crippen LogP contribution in [0.4, 0.5) is 11.4 Å². The van der Waals surface area contributed by atoms with E-state index in [9.17, 15) is 4.79 Å². The van der Waals surface area contributed by atoms with Gasteiger partial charge in [-0.25, -0.2) is 0 Å². The summed E-state index contributed by atoms with van der Waals surface area (Å²) in [5, 5.41) is 2.92. The van der Waals surface area contributed by atoms with Crippen molar-refractivity contribution in [3.8, 4) is 5.75 Å². The van der Waals surface area contributed by atoms with Gasteiger partial charge in [0.2, 0.25) is 0 Å². The molecule has 0 saturated carbocycles. The van der Waals surface area contributed by atoms with Gasteiger partial charge in [0.25, 0.3) is 5.91 Å². The Morgan fingerprint density at radius 3 is 2.23 bits per heavy atom. The van der Waals surface area contributed by atoms with Gasteiger partial charge in [-0.1, -0.05) is 17.7 Å². The molecule has 3 rings (SSSR count). The maximum absolute atomic E-state index is 12.4. The Morgan fingerprint density at radius 2 is 1.62 bits per heavy atom. The molecule has 0 radical (unpaired) electrons. The molecule has 1 aliphatic heterocycles. The van der Waals surface area contributed by atoms with Gasteiger partial charge in [0.05, 0.1) is 0 Å². The first-order valence-corrected chi connectivity index (χ1v) is 9.09. The van der Waals surface area contributed by atoms with E-state index in [-0.39, 0.29) is 5.91 Å². The van der Waals surface area contributed by atoms with Crippen LogP contribution >= 0.6 is 0 Å². The lowest BCUT2D eigenvalue weighted by Crippen LogP contribution is -2.44. The van der Waals surface area contributed by atoms with Gasteiger partial charge in [-0.15, -0.1) is 0 Å². The largest absolute Gasteiger partial charge is 0.481 e. The van der Waals surface area contributed by atoms with Crippen LogP contribution in [0.2, 0.25) is 0 Å². The molecular weight excluding hydrogens is 326 g/mol. The summed E-state index contributed by atoms with van der Waals surface area (Å²) in [4.78, 5) is 17.1. The molecule has 0 aromatic heterocycles. The smallest absolute Gasteiger partial charge is 0.265 e. The van der Waals surface area contributed by atoms with Crippen LogP contribution in [-0.2, 0) is 4.79 Å². The summed E-state index contributed by atoms with van der Waals surface area (Å²) in [5.74, 6) is 0.543. The molecule has 1 aliphatic rings. The van der Waals surface area contributed by atoms with E-state index in [0.29, 0.717) is 5.75 Å². The minimum atomic E-state index is -0.560. The summed E-state index contributed by atoms with van der Waals surface area (Å²) in [5.41, 5.74) is 3.14. The molecule has 5 nitrogen and oxygen atoms in total. The van der Waals surface area contributed by atoms with Crippen molar-refractivity contribution in [3.05, 3.63) is 54.1 Å². The summed E-state index contributed by atoms with van der Waals surface area (Å²) < 4.78 is 5.71. The van der Waals surface area contributed by atoms with Crippen molar-refractivity contribution in [2.45, 2.75) is 20.0 Å². The number of hydrogen-bond acceptors (Lipinski definition) is 4. The summed E-state index contributed by atoms with van der Waals surface area (Å²) in [6, 6.07) is 15.7. The van der Waals surface area contributed by atoms with E-state index in [2.05, 4.69) is 34.3 Å². The van der Waals surface area contributed by atoms with Crippen LogP contribution in [0.3, 0.4) is 0 Å². The Hall–Kier alpha value is -2.53. The van der Waals surface area contributed by atoms with Crippen molar-refractivity contribution < 1.29 is 9.53 Å². The fraction of sp³-hybridized carbons (Fsp3) is 0.381. The number of likely N-dealkylation sites (N-methyl/N-ethyl adjacent to an activating group) is 1. The van der Waals surface area contributed by atoms with Gasteiger partial charge in [-0.05, 0) is 57.3 Å². The highest BCUT2D eigenvalue weighted by Gasteiger charge is 2.16. The summed E-state index contributed by atoms with van der Waals surface area (Å²) in [6.07, 6.45) is -0.560. The number of nitrogens with zero attached hydrogens (tertiary/aromatic N) is 2. The second-order valence-corrected chi connectivity index (χ2v) is 6.90. The Balaban J connectivity index is 1.54. The number of aryl methyl sites for hydroxylation is 1. The zero-order valence-corrected chi connectivity index (χ0v) is 15.7. The van der Waals surface area contributed by atoms with Gasteiger partial charge in [0, 0.05) is 37.6 Å². The Labute approximate surface area is 155 Å². The number of ether oxygens (including phenoxy) is 1. The highest BCUT2D eigenvalue weighted by Crippen LogP contribution is 2.20. The van der Waals surface area contributed by atoms with Crippen molar-refractivity contribution in [2.24, 2.45) is 0 Å². The van der Waals surface area contributed by atoms with E-state index >= 15 is 0 Å². The lowest BCUT2D eigenvalue weighted by Gasteiger charge is -2.34. The quantitative estimate of drug-likeness (QED) is 0.897. The van der Waals surface area contributed by atoms with Gasteiger partial charge in [-0.2, -0.15) is 0 Å². The lowest BCUT2D eigenvalue weighted by atomic mass is 10.2. The topological polar surface area (TPSA) is 44.8 Å². The maximum atomic E-state index is 12.4. The molecule has 2 aromatic carbocycles. The number of amides is 1. The number of hydrogen-bond donors (Lipinski definition) is 1. The molecule has 0 bridgehead atoms. The molecule has 138 valence electrons. The summed E-state index contributed by atoms with van der Waals surface area (Å²) >= 11 is 0. The van der Waals surface area contributed by atoms with E-state index in [4.69, 9.17) is 4.74 Å². The molecule has 1 saturated heterocycles. The van der Waals surface area contributed by atoms with Crippen molar-refractivity contribution in [1.82, 2.24) is 4.90 Å². The van der Waals surface area contributed by atoms with Crippen LogP contribution in [0, 0.1) is 6.92 Å². The molecule has 1 atom stereocenters. The molecule has 5 heteroatoms. The van der Waals surface area contributed by atoms with Crippen LogP contribution in [0.15, 0.2) is 48.5 Å². The molecule has 0 unspecified atom stereocenters. The number of piperazine rings is 1. The van der Waals surface area contributed by atoms with Crippen LogP contribution in [0.5, 0.6) is 5.75 Å². The fourth-order valence-corrected chi connectivity index (χ4v) is 2.94. The van der Waals surface area contributed by atoms with Crippen molar-refractivity contribution >= 4 is 17.3 Å². The monoisotopic (exact) mass is 353 g/mol. The second-order valence-electron chi connectivity index (χ2n) is 6.90. The van der Waals surface area contributed by atoms with E-state index in [1.165, 1.54) is 5.69 Å². The molecule has 2 aromatic rings. The highest BCUT2D eigenvalue weighted by molar-refractivity contribution is 5.94. The third-order valence-electron chi connectivity index (χ3n) is 4.71. The zero-order valence-electron chi connectivity index (χ0n) is 15.7. The fourth-order valence-electron chi connectivity index (χ4n) is 2.94. The number of rotatable bonds is 5. The first-order valence-electron chi connectivity index (χ1n) is 9.09. The van der Waals surface area contributed by atoms with Crippen LogP contribution in [0.1, 0.15) is 12.5 Å². The molecule has 1 heterocycles. The second kappa shape index (κ2) is 8.23. The Morgan fingerprint density at radius 1 is 1.00 bits per heavy atom. The van der Waals surface area contributed by atoms with Gasteiger partial charge >= 0.3 is 0 Å². The third kappa shape index (κ3) is 4.76. The molecule has 1 N–H and O–H groups in total. The Bertz CT molecular complexity index is 720. The van der Waals surface area contributed by atoms with Crippen LogP contribution in [-0.4, -0.2) is 50.1 Å². The SMILES string of the molecule is Cc1ccc(O[C@@H](C)C(=O)Nc2ccc(N3CCN(C)CC3)cc2)cc1. The van der Waals surface area contributed by atoms with Crippen molar-refractivity contribution in [3.63, 3.8) is 0 Å². The maximum Gasteiger partial charge on any atom is 0.265 e. The van der Waals surface area contributed by atoms with E-state index in [1.54, 1.807) is 6.92 Å². The zero-order chi connectivity index (χ0) is 18.5. The standard InChI is InChI=1S/C21H27N3O2/c1-16-4-10-20(11-5-16)26-17(2)21(25)22-18-6-8-19(9-7-18)24-14-12-23(3)13-15-24/h4-11,17H,12-15H2,1-3H3,(H,22,25)/t17-/m0/s1. The average Bonchev–Trinajstić information content (AvgIpc) is 2.65.